The van der Waals surface area contributed by atoms with E-state index in [4.69, 9.17) is 0 Å². The molecule has 2 heterocycles. The van der Waals surface area contributed by atoms with E-state index in [0.717, 1.165) is 35.6 Å². The number of hydrogen-bond acceptors (Lipinski definition) is 4. The molecular formula is C19H22N4O2. The minimum absolute atomic E-state index is 0.350. The number of aryl methyl sites for hydroxylation is 1. The van der Waals surface area contributed by atoms with E-state index in [1.807, 2.05) is 33.2 Å². The van der Waals surface area contributed by atoms with Crippen LogP contribution in [0.25, 0.3) is 0 Å². The zero-order valence-electron chi connectivity index (χ0n) is 14.8. The summed E-state index contributed by atoms with van der Waals surface area (Å²) < 4.78 is 0. The van der Waals surface area contributed by atoms with Crippen LogP contribution in [-0.4, -0.2) is 48.9 Å². The molecule has 1 aromatic rings. The van der Waals surface area contributed by atoms with E-state index in [9.17, 15) is 9.59 Å². The first-order chi connectivity index (χ1) is 12.0. The molecule has 6 heteroatoms. The van der Waals surface area contributed by atoms with E-state index in [-0.39, 0.29) is 5.91 Å². The molecule has 0 saturated heterocycles. The Kier molecular flexibility index (Phi) is 4.90. The highest BCUT2D eigenvalue weighted by Gasteiger charge is 2.35. The standard InChI is InChI=1S/C19H22N4O2/c1-13-6-4-8-15(10-13)23-18(24)16-12-20-14(7-5-9-22(2)3)11-17(16)21-19(23)25/h4,6,8,10,12H,5,7,9,11H2,1-3H3. The number of urea groups is 1. The number of carbonyl (C=O) groups is 2. The fourth-order valence-corrected chi connectivity index (χ4v) is 2.96. The lowest BCUT2D eigenvalue weighted by Gasteiger charge is -2.27. The number of nitrogens with zero attached hydrogens (tertiary/aromatic N) is 4. The molecular weight excluding hydrogens is 316 g/mol. The van der Waals surface area contributed by atoms with Gasteiger partial charge in [0, 0.05) is 18.3 Å². The number of aliphatic imine (C=N–C) groups is 2. The molecule has 0 atom stereocenters. The number of amides is 3. The number of rotatable bonds is 5. The van der Waals surface area contributed by atoms with Crippen molar-refractivity contribution in [2.45, 2.75) is 26.2 Å². The second kappa shape index (κ2) is 7.11. The Morgan fingerprint density at radius 2 is 2.04 bits per heavy atom. The lowest BCUT2D eigenvalue weighted by atomic mass is 9.97. The maximum absolute atomic E-state index is 12.8. The summed E-state index contributed by atoms with van der Waals surface area (Å²) in [6, 6.07) is 6.75. The summed E-state index contributed by atoms with van der Waals surface area (Å²) in [6.45, 7) is 2.89. The minimum Gasteiger partial charge on any atom is -0.309 e. The Hall–Kier alpha value is -2.60. The molecule has 25 heavy (non-hydrogen) atoms. The van der Waals surface area contributed by atoms with Crippen LogP contribution in [0.2, 0.25) is 0 Å². The van der Waals surface area contributed by atoms with E-state index in [0.29, 0.717) is 23.4 Å². The molecule has 6 nitrogen and oxygen atoms in total. The van der Waals surface area contributed by atoms with Gasteiger partial charge in [-0.2, -0.15) is 4.99 Å². The first kappa shape index (κ1) is 17.2. The van der Waals surface area contributed by atoms with Crippen molar-refractivity contribution in [1.82, 2.24) is 4.90 Å². The average Bonchev–Trinajstić information content (AvgIpc) is 2.54. The molecule has 130 valence electrons. The van der Waals surface area contributed by atoms with Crippen LogP contribution >= 0.6 is 0 Å². The van der Waals surface area contributed by atoms with E-state index in [2.05, 4.69) is 14.9 Å². The maximum atomic E-state index is 12.8. The topological polar surface area (TPSA) is 65.3 Å². The summed E-state index contributed by atoms with van der Waals surface area (Å²) in [7, 11) is 4.06. The van der Waals surface area contributed by atoms with Crippen LogP contribution in [0.3, 0.4) is 0 Å². The number of imide groups is 1. The van der Waals surface area contributed by atoms with Crippen LogP contribution in [0.15, 0.2) is 46.0 Å². The quantitative estimate of drug-likeness (QED) is 0.829. The smallest absolute Gasteiger partial charge is 0.309 e. The Balaban J connectivity index is 1.82. The van der Waals surface area contributed by atoms with Crippen molar-refractivity contribution in [1.29, 1.82) is 0 Å². The molecule has 0 radical (unpaired) electrons. The Morgan fingerprint density at radius 3 is 2.76 bits per heavy atom. The molecule has 0 aliphatic carbocycles. The molecule has 1 aromatic carbocycles. The zero-order valence-corrected chi connectivity index (χ0v) is 14.8. The average molecular weight is 338 g/mol. The summed E-state index contributed by atoms with van der Waals surface area (Å²) >= 11 is 0. The second-order valence-electron chi connectivity index (χ2n) is 6.64. The molecule has 0 bridgehead atoms. The molecule has 0 saturated carbocycles. The Bertz CT molecular complexity index is 805. The molecule has 0 N–H and O–H groups in total. The summed E-state index contributed by atoms with van der Waals surface area (Å²) in [4.78, 5) is 37.0. The molecule has 0 aromatic heterocycles. The van der Waals surface area contributed by atoms with Gasteiger partial charge < -0.3 is 4.90 Å². The number of hydrogen-bond donors (Lipinski definition) is 0. The number of fused-ring (bicyclic) bond motifs is 1. The van der Waals surface area contributed by atoms with Crippen molar-refractivity contribution < 1.29 is 9.59 Å². The fourth-order valence-electron chi connectivity index (χ4n) is 2.96. The van der Waals surface area contributed by atoms with Crippen molar-refractivity contribution in [3.63, 3.8) is 0 Å². The summed E-state index contributed by atoms with van der Waals surface area (Å²) in [5.74, 6) is -0.350. The highest BCUT2D eigenvalue weighted by atomic mass is 16.2. The van der Waals surface area contributed by atoms with Crippen LogP contribution in [-0.2, 0) is 4.79 Å². The van der Waals surface area contributed by atoms with Gasteiger partial charge in [-0.3, -0.25) is 9.79 Å². The first-order valence-corrected chi connectivity index (χ1v) is 8.39. The van der Waals surface area contributed by atoms with Crippen molar-refractivity contribution in [3.8, 4) is 0 Å². The van der Waals surface area contributed by atoms with Crippen molar-refractivity contribution in [2.24, 2.45) is 9.98 Å². The number of benzene rings is 1. The van der Waals surface area contributed by atoms with Crippen LogP contribution in [0, 0.1) is 6.92 Å². The zero-order chi connectivity index (χ0) is 18.0. The molecule has 2 aliphatic rings. The number of anilines is 1. The van der Waals surface area contributed by atoms with E-state index < -0.39 is 6.03 Å². The van der Waals surface area contributed by atoms with Crippen molar-refractivity contribution >= 4 is 29.0 Å². The van der Waals surface area contributed by atoms with Crippen LogP contribution < -0.4 is 4.90 Å². The molecule has 0 fully saturated rings. The highest BCUT2D eigenvalue weighted by molar-refractivity contribution is 6.40. The van der Waals surface area contributed by atoms with Gasteiger partial charge in [0.25, 0.3) is 5.91 Å². The molecule has 2 aliphatic heterocycles. The summed E-state index contributed by atoms with van der Waals surface area (Å²) in [5, 5.41) is 0. The fraction of sp³-hybridized carbons (Fsp3) is 0.368. The highest BCUT2D eigenvalue weighted by Crippen LogP contribution is 2.26. The molecule has 3 rings (SSSR count). The molecule has 0 spiro atoms. The number of carbonyl (C=O) groups excluding carboxylic acids is 2. The molecule has 3 amide bonds. The van der Waals surface area contributed by atoms with Crippen molar-refractivity contribution in [2.75, 3.05) is 25.5 Å². The van der Waals surface area contributed by atoms with Gasteiger partial charge in [0.05, 0.1) is 17.0 Å². The maximum Gasteiger partial charge on any atom is 0.355 e. The van der Waals surface area contributed by atoms with Gasteiger partial charge in [0.1, 0.15) is 0 Å². The Morgan fingerprint density at radius 1 is 1.24 bits per heavy atom. The largest absolute Gasteiger partial charge is 0.355 e. The van der Waals surface area contributed by atoms with Crippen LogP contribution in [0.4, 0.5) is 10.5 Å². The van der Waals surface area contributed by atoms with Crippen LogP contribution in [0.5, 0.6) is 0 Å². The van der Waals surface area contributed by atoms with Gasteiger partial charge in [0.15, 0.2) is 0 Å². The minimum atomic E-state index is -0.530. The lowest BCUT2D eigenvalue weighted by molar-refractivity contribution is -0.114. The molecule has 0 unspecified atom stereocenters. The predicted octanol–water partition coefficient (Wildman–Crippen LogP) is 2.97. The monoisotopic (exact) mass is 338 g/mol. The van der Waals surface area contributed by atoms with Gasteiger partial charge in [-0.05, 0) is 58.1 Å². The summed E-state index contributed by atoms with van der Waals surface area (Å²) in [5.41, 5.74) is 3.44. The van der Waals surface area contributed by atoms with Gasteiger partial charge in [-0.1, -0.05) is 12.1 Å². The van der Waals surface area contributed by atoms with Gasteiger partial charge in [0.2, 0.25) is 0 Å². The normalized spacial score (nSPS) is 17.3. The van der Waals surface area contributed by atoms with E-state index >= 15 is 0 Å². The van der Waals surface area contributed by atoms with Gasteiger partial charge in [-0.25, -0.2) is 9.69 Å². The predicted molar refractivity (Wildman–Crippen MR) is 99.4 cm³/mol. The van der Waals surface area contributed by atoms with Crippen molar-refractivity contribution in [3.05, 3.63) is 41.6 Å². The van der Waals surface area contributed by atoms with E-state index in [1.54, 1.807) is 18.3 Å². The first-order valence-electron chi connectivity index (χ1n) is 8.39. The van der Waals surface area contributed by atoms with E-state index in [1.165, 1.54) is 0 Å². The van der Waals surface area contributed by atoms with Crippen LogP contribution in [0.1, 0.15) is 24.8 Å². The third-order valence-corrected chi connectivity index (χ3v) is 4.24. The third-order valence-electron chi connectivity index (χ3n) is 4.24. The lowest BCUT2D eigenvalue weighted by Crippen LogP contribution is -2.43. The van der Waals surface area contributed by atoms with Gasteiger partial charge in [-0.15, -0.1) is 0 Å². The third kappa shape index (κ3) is 3.74. The summed E-state index contributed by atoms with van der Waals surface area (Å²) in [6.07, 6.45) is 3.86. The SMILES string of the molecule is Cc1cccc(N2C(=O)N=C3CC(CCCN(C)C)=NC=C3C2=O)c1. The van der Waals surface area contributed by atoms with Gasteiger partial charge >= 0.3 is 6.03 Å². The Labute approximate surface area is 147 Å². The second-order valence-corrected chi connectivity index (χ2v) is 6.64.